The first kappa shape index (κ1) is 12.0. The summed E-state index contributed by atoms with van der Waals surface area (Å²) in [6.45, 7) is 7.05. The van der Waals surface area contributed by atoms with E-state index in [9.17, 15) is 4.79 Å². The van der Waals surface area contributed by atoms with Gasteiger partial charge in [-0.1, -0.05) is 13.8 Å². The van der Waals surface area contributed by atoms with Crippen molar-refractivity contribution in [2.24, 2.45) is 5.92 Å². The molecule has 0 saturated carbocycles. The van der Waals surface area contributed by atoms with Crippen LogP contribution in [0.25, 0.3) is 0 Å². The van der Waals surface area contributed by atoms with Gasteiger partial charge in [-0.15, -0.1) is 0 Å². The molecule has 1 aromatic rings. The van der Waals surface area contributed by atoms with Gasteiger partial charge in [0, 0.05) is 6.54 Å². The van der Waals surface area contributed by atoms with Crippen molar-refractivity contribution in [3.05, 3.63) is 11.3 Å². The van der Waals surface area contributed by atoms with Gasteiger partial charge in [0.2, 0.25) is 0 Å². The van der Waals surface area contributed by atoms with Crippen LogP contribution in [0.3, 0.4) is 0 Å². The Hall–Kier alpha value is -1.52. The SMILES string of the molecule is CCC1C(C)CNc2c(C(=O)OC)c(C)nn21. The number of anilines is 1. The fraction of sp³-hybridized carbons (Fsp3) is 0.667. The van der Waals surface area contributed by atoms with Crippen molar-refractivity contribution in [2.45, 2.75) is 33.2 Å². The number of fused-ring (bicyclic) bond motifs is 1. The van der Waals surface area contributed by atoms with E-state index in [0.717, 1.165) is 24.5 Å². The normalized spacial score (nSPS) is 22.8. The molecule has 17 heavy (non-hydrogen) atoms. The number of carbonyl (C=O) groups excluding carboxylic acids is 1. The Balaban J connectivity index is 2.50. The highest BCUT2D eigenvalue weighted by Crippen LogP contribution is 2.33. The summed E-state index contributed by atoms with van der Waals surface area (Å²) in [6.07, 6.45) is 1.01. The standard InChI is InChI=1S/C12H19N3O2/c1-5-9-7(2)6-13-11-10(12(16)17-4)8(3)14-15(9)11/h7,9,13H,5-6H2,1-4H3. The lowest BCUT2D eigenvalue weighted by atomic mass is 9.97. The maximum Gasteiger partial charge on any atom is 0.343 e. The summed E-state index contributed by atoms with van der Waals surface area (Å²) >= 11 is 0. The number of ether oxygens (including phenoxy) is 1. The van der Waals surface area contributed by atoms with Crippen molar-refractivity contribution in [1.82, 2.24) is 9.78 Å². The molecule has 5 nitrogen and oxygen atoms in total. The summed E-state index contributed by atoms with van der Waals surface area (Å²) in [7, 11) is 1.40. The van der Waals surface area contributed by atoms with E-state index in [1.54, 1.807) is 0 Å². The van der Waals surface area contributed by atoms with Crippen LogP contribution >= 0.6 is 0 Å². The molecule has 1 aliphatic rings. The van der Waals surface area contributed by atoms with E-state index in [-0.39, 0.29) is 5.97 Å². The van der Waals surface area contributed by atoms with Crippen LogP contribution in [0.1, 0.15) is 42.4 Å². The van der Waals surface area contributed by atoms with Crippen molar-refractivity contribution in [2.75, 3.05) is 19.0 Å². The zero-order valence-electron chi connectivity index (χ0n) is 10.8. The maximum atomic E-state index is 11.7. The molecule has 2 rings (SSSR count). The van der Waals surface area contributed by atoms with E-state index in [1.165, 1.54) is 7.11 Å². The Morgan fingerprint density at radius 1 is 1.65 bits per heavy atom. The van der Waals surface area contributed by atoms with Crippen molar-refractivity contribution < 1.29 is 9.53 Å². The van der Waals surface area contributed by atoms with Gasteiger partial charge in [0.05, 0.1) is 18.8 Å². The summed E-state index contributed by atoms with van der Waals surface area (Å²) in [5.41, 5.74) is 1.30. The van der Waals surface area contributed by atoms with Gasteiger partial charge >= 0.3 is 5.97 Å². The zero-order chi connectivity index (χ0) is 12.6. The molecule has 2 unspecified atom stereocenters. The van der Waals surface area contributed by atoms with Crippen LogP contribution in [0.2, 0.25) is 0 Å². The molecular formula is C12H19N3O2. The Morgan fingerprint density at radius 3 is 2.94 bits per heavy atom. The first-order valence-corrected chi connectivity index (χ1v) is 6.01. The van der Waals surface area contributed by atoms with Crippen LogP contribution in [-0.4, -0.2) is 29.4 Å². The first-order chi connectivity index (χ1) is 8.10. The lowest BCUT2D eigenvalue weighted by Gasteiger charge is -2.31. The highest BCUT2D eigenvalue weighted by atomic mass is 16.5. The average molecular weight is 237 g/mol. The number of hydrogen-bond donors (Lipinski definition) is 1. The lowest BCUT2D eigenvalue weighted by molar-refractivity contribution is 0.0600. The van der Waals surface area contributed by atoms with E-state index in [2.05, 4.69) is 24.3 Å². The van der Waals surface area contributed by atoms with Crippen LogP contribution in [0.4, 0.5) is 5.82 Å². The summed E-state index contributed by atoms with van der Waals surface area (Å²) in [4.78, 5) is 11.7. The molecule has 2 heterocycles. The Labute approximate surface area is 101 Å². The van der Waals surface area contributed by atoms with E-state index in [0.29, 0.717) is 17.5 Å². The van der Waals surface area contributed by atoms with Crippen LogP contribution in [-0.2, 0) is 4.74 Å². The molecule has 1 N–H and O–H groups in total. The minimum absolute atomic E-state index is 0.319. The molecule has 1 aromatic heterocycles. The largest absolute Gasteiger partial charge is 0.465 e. The second-order valence-corrected chi connectivity index (χ2v) is 4.58. The fourth-order valence-corrected chi connectivity index (χ4v) is 2.51. The molecule has 0 bridgehead atoms. The van der Waals surface area contributed by atoms with Crippen LogP contribution in [0.15, 0.2) is 0 Å². The number of esters is 1. The maximum absolute atomic E-state index is 11.7. The predicted molar refractivity (Wildman–Crippen MR) is 65.3 cm³/mol. The van der Waals surface area contributed by atoms with Gasteiger partial charge in [-0.3, -0.25) is 0 Å². The van der Waals surface area contributed by atoms with E-state index in [1.807, 2.05) is 11.6 Å². The number of hydrogen-bond acceptors (Lipinski definition) is 4. The number of aryl methyl sites for hydroxylation is 1. The second-order valence-electron chi connectivity index (χ2n) is 4.58. The molecule has 0 saturated heterocycles. The molecule has 0 aromatic carbocycles. The topological polar surface area (TPSA) is 56.1 Å². The van der Waals surface area contributed by atoms with Crippen molar-refractivity contribution in [3.8, 4) is 0 Å². The van der Waals surface area contributed by atoms with Crippen LogP contribution in [0, 0.1) is 12.8 Å². The van der Waals surface area contributed by atoms with Gasteiger partial charge < -0.3 is 10.1 Å². The molecule has 0 radical (unpaired) electrons. The molecule has 2 atom stereocenters. The number of methoxy groups -OCH3 is 1. The highest BCUT2D eigenvalue weighted by molar-refractivity contribution is 5.96. The predicted octanol–water partition coefficient (Wildman–Crippen LogP) is 1.99. The number of carbonyl (C=O) groups is 1. The van der Waals surface area contributed by atoms with E-state index >= 15 is 0 Å². The average Bonchev–Trinajstić information content (AvgIpc) is 2.64. The minimum atomic E-state index is -0.319. The van der Waals surface area contributed by atoms with Gasteiger partial charge in [-0.25, -0.2) is 9.48 Å². The Bertz CT molecular complexity index is 439. The van der Waals surface area contributed by atoms with Gasteiger partial charge in [0.25, 0.3) is 0 Å². The third-order valence-electron chi connectivity index (χ3n) is 3.46. The minimum Gasteiger partial charge on any atom is -0.465 e. The van der Waals surface area contributed by atoms with Crippen LogP contribution in [0.5, 0.6) is 0 Å². The number of nitrogens with one attached hydrogen (secondary N) is 1. The monoisotopic (exact) mass is 237 g/mol. The van der Waals surface area contributed by atoms with Crippen LogP contribution < -0.4 is 5.32 Å². The second kappa shape index (κ2) is 4.39. The molecular weight excluding hydrogens is 218 g/mol. The summed E-state index contributed by atoms with van der Waals surface area (Å²) < 4.78 is 6.75. The molecule has 5 heteroatoms. The molecule has 0 fully saturated rings. The van der Waals surface area contributed by atoms with Gasteiger partial charge in [0.15, 0.2) is 0 Å². The third-order valence-corrected chi connectivity index (χ3v) is 3.46. The van der Waals surface area contributed by atoms with Gasteiger partial charge in [-0.05, 0) is 19.3 Å². The summed E-state index contributed by atoms with van der Waals surface area (Å²) in [6, 6.07) is 0.350. The molecule has 0 aliphatic carbocycles. The smallest absolute Gasteiger partial charge is 0.343 e. The lowest BCUT2D eigenvalue weighted by Crippen LogP contribution is -2.31. The quantitative estimate of drug-likeness (QED) is 0.799. The van der Waals surface area contributed by atoms with Gasteiger partial charge in [-0.2, -0.15) is 5.10 Å². The van der Waals surface area contributed by atoms with Crippen molar-refractivity contribution >= 4 is 11.8 Å². The van der Waals surface area contributed by atoms with E-state index < -0.39 is 0 Å². The molecule has 0 spiro atoms. The van der Waals surface area contributed by atoms with E-state index in [4.69, 9.17) is 4.74 Å². The third kappa shape index (κ3) is 1.79. The first-order valence-electron chi connectivity index (χ1n) is 6.01. The zero-order valence-corrected chi connectivity index (χ0v) is 10.8. The van der Waals surface area contributed by atoms with Crippen molar-refractivity contribution in [3.63, 3.8) is 0 Å². The molecule has 94 valence electrons. The Morgan fingerprint density at radius 2 is 2.35 bits per heavy atom. The summed E-state index contributed by atoms with van der Waals surface area (Å²) in [5, 5.41) is 7.76. The molecule has 0 amide bonds. The highest BCUT2D eigenvalue weighted by Gasteiger charge is 2.31. The summed E-state index contributed by atoms with van der Waals surface area (Å²) in [5.74, 6) is 0.997. The van der Waals surface area contributed by atoms with Gasteiger partial charge in [0.1, 0.15) is 11.4 Å². The molecule has 1 aliphatic heterocycles. The number of aromatic nitrogens is 2. The number of nitrogens with zero attached hydrogens (tertiary/aromatic N) is 2. The fourth-order valence-electron chi connectivity index (χ4n) is 2.51. The van der Waals surface area contributed by atoms with Crippen molar-refractivity contribution in [1.29, 1.82) is 0 Å². The number of rotatable bonds is 2. The Kier molecular flexibility index (Phi) is 3.09.